The van der Waals surface area contributed by atoms with Crippen molar-refractivity contribution in [3.8, 4) is 5.75 Å². The molecule has 0 saturated heterocycles. The van der Waals surface area contributed by atoms with E-state index in [9.17, 15) is 4.79 Å². The predicted molar refractivity (Wildman–Crippen MR) is 45.3 cm³/mol. The van der Waals surface area contributed by atoms with Gasteiger partial charge in [0, 0.05) is 0 Å². The van der Waals surface area contributed by atoms with Crippen LogP contribution >= 0.6 is 0 Å². The minimum atomic E-state index is -0.513. The molecule has 1 heterocycles. The molecule has 2 rings (SSSR count). The van der Waals surface area contributed by atoms with Gasteiger partial charge in [-0.25, -0.2) is 0 Å². The van der Waals surface area contributed by atoms with E-state index >= 15 is 0 Å². The van der Waals surface area contributed by atoms with Crippen molar-refractivity contribution in [2.75, 3.05) is 5.32 Å². The van der Waals surface area contributed by atoms with E-state index < -0.39 is 6.23 Å². The Morgan fingerprint density at radius 1 is 1.58 bits per heavy atom. The van der Waals surface area contributed by atoms with Crippen molar-refractivity contribution < 1.29 is 9.53 Å². The first-order valence-corrected chi connectivity index (χ1v) is 3.79. The van der Waals surface area contributed by atoms with Crippen molar-refractivity contribution >= 4 is 12.0 Å². The summed E-state index contributed by atoms with van der Waals surface area (Å²) in [6.07, 6.45) is 0.237. The van der Waals surface area contributed by atoms with Crippen LogP contribution in [-0.4, -0.2) is 12.5 Å². The molecule has 3 nitrogen and oxygen atoms in total. The summed E-state index contributed by atoms with van der Waals surface area (Å²) < 4.78 is 5.31. The molecule has 0 spiro atoms. The van der Waals surface area contributed by atoms with Gasteiger partial charge in [-0.3, -0.25) is 4.79 Å². The summed E-state index contributed by atoms with van der Waals surface area (Å²) >= 11 is 0. The van der Waals surface area contributed by atoms with Crippen LogP contribution in [0.4, 0.5) is 5.69 Å². The quantitative estimate of drug-likeness (QED) is 0.634. The molecule has 0 bridgehead atoms. The molecule has 1 aromatic carbocycles. The van der Waals surface area contributed by atoms with Gasteiger partial charge in [-0.15, -0.1) is 0 Å². The van der Waals surface area contributed by atoms with Crippen molar-refractivity contribution in [3.05, 3.63) is 23.8 Å². The number of aldehydes is 1. The van der Waals surface area contributed by atoms with Gasteiger partial charge < -0.3 is 10.1 Å². The van der Waals surface area contributed by atoms with E-state index in [0.29, 0.717) is 0 Å². The maximum absolute atomic E-state index is 10.4. The van der Waals surface area contributed by atoms with Gasteiger partial charge in [0.05, 0.1) is 5.69 Å². The van der Waals surface area contributed by atoms with Crippen LogP contribution in [0, 0.1) is 6.92 Å². The summed E-state index contributed by atoms with van der Waals surface area (Å²) in [5.74, 6) is 0.787. The van der Waals surface area contributed by atoms with Crippen LogP contribution in [0.15, 0.2) is 18.2 Å². The average Bonchev–Trinajstić information content (AvgIpc) is 2.49. The van der Waals surface area contributed by atoms with Gasteiger partial charge in [-0.2, -0.15) is 0 Å². The minimum Gasteiger partial charge on any atom is -0.461 e. The number of hydrogen-bond acceptors (Lipinski definition) is 3. The number of fused-ring (bicyclic) bond motifs is 1. The van der Waals surface area contributed by atoms with E-state index in [4.69, 9.17) is 4.74 Å². The fourth-order valence-corrected chi connectivity index (χ4v) is 1.29. The molecular weight excluding hydrogens is 154 g/mol. The van der Waals surface area contributed by atoms with E-state index in [1.807, 2.05) is 25.1 Å². The van der Waals surface area contributed by atoms with Crippen LogP contribution in [0.5, 0.6) is 5.75 Å². The largest absolute Gasteiger partial charge is 0.461 e. The highest BCUT2D eigenvalue weighted by Crippen LogP contribution is 2.33. The Morgan fingerprint density at radius 3 is 3.08 bits per heavy atom. The highest BCUT2D eigenvalue weighted by Gasteiger charge is 2.21. The second-order valence-corrected chi connectivity index (χ2v) is 2.77. The summed E-state index contributed by atoms with van der Waals surface area (Å²) in [7, 11) is 0. The summed E-state index contributed by atoms with van der Waals surface area (Å²) in [5, 5.41) is 2.93. The molecule has 0 radical (unpaired) electrons. The fourth-order valence-electron chi connectivity index (χ4n) is 1.29. The number of carbonyl (C=O) groups excluding carboxylic acids is 1. The third kappa shape index (κ3) is 0.942. The Bertz CT molecular complexity index is 322. The van der Waals surface area contributed by atoms with E-state index in [1.54, 1.807) is 0 Å². The molecule has 1 unspecified atom stereocenters. The van der Waals surface area contributed by atoms with Gasteiger partial charge >= 0.3 is 0 Å². The van der Waals surface area contributed by atoms with Gasteiger partial charge in [0.1, 0.15) is 5.75 Å². The van der Waals surface area contributed by atoms with Gasteiger partial charge in [0.2, 0.25) is 6.23 Å². The fraction of sp³-hybridized carbons (Fsp3) is 0.222. The average molecular weight is 163 g/mol. The monoisotopic (exact) mass is 163 g/mol. The first-order valence-electron chi connectivity index (χ1n) is 3.79. The number of hydrogen-bond donors (Lipinski definition) is 1. The zero-order valence-corrected chi connectivity index (χ0v) is 6.70. The standard InChI is InChI=1S/C9H9NO2/c1-6-3-2-4-7-9(6)12-8(5-11)10-7/h2-5,8,10H,1H3. The lowest BCUT2D eigenvalue weighted by atomic mass is 10.2. The molecule has 0 saturated carbocycles. The zero-order valence-electron chi connectivity index (χ0n) is 6.70. The van der Waals surface area contributed by atoms with Gasteiger partial charge in [-0.05, 0) is 18.6 Å². The van der Waals surface area contributed by atoms with Gasteiger partial charge in [0.25, 0.3) is 0 Å². The van der Waals surface area contributed by atoms with Crippen LogP contribution in [0.3, 0.4) is 0 Å². The Balaban J connectivity index is 2.41. The number of nitrogens with one attached hydrogen (secondary N) is 1. The number of anilines is 1. The van der Waals surface area contributed by atoms with Crippen molar-refractivity contribution in [2.24, 2.45) is 0 Å². The third-order valence-corrected chi connectivity index (χ3v) is 1.88. The summed E-state index contributed by atoms with van der Waals surface area (Å²) in [5.41, 5.74) is 1.94. The molecule has 1 aliphatic heterocycles. The number of para-hydroxylation sites is 1. The van der Waals surface area contributed by atoms with Crippen LogP contribution in [-0.2, 0) is 4.79 Å². The highest BCUT2D eigenvalue weighted by atomic mass is 16.5. The highest BCUT2D eigenvalue weighted by molar-refractivity contribution is 5.72. The Morgan fingerprint density at radius 2 is 2.42 bits per heavy atom. The maximum atomic E-state index is 10.4. The van der Waals surface area contributed by atoms with Gasteiger partial charge in [0.15, 0.2) is 6.29 Å². The SMILES string of the molecule is Cc1cccc2c1OC(C=O)N2. The molecule has 12 heavy (non-hydrogen) atoms. The Kier molecular flexibility index (Phi) is 1.50. The zero-order chi connectivity index (χ0) is 8.55. The summed E-state index contributed by atoms with van der Waals surface area (Å²) in [4.78, 5) is 10.4. The summed E-state index contributed by atoms with van der Waals surface area (Å²) in [6, 6.07) is 5.78. The lowest BCUT2D eigenvalue weighted by Gasteiger charge is -2.01. The van der Waals surface area contributed by atoms with Gasteiger partial charge in [-0.1, -0.05) is 12.1 Å². The first-order chi connectivity index (χ1) is 5.81. The van der Waals surface area contributed by atoms with Crippen LogP contribution in [0.2, 0.25) is 0 Å². The van der Waals surface area contributed by atoms with Crippen LogP contribution in [0.25, 0.3) is 0 Å². The lowest BCUT2D eigenvalue weighted by molar-refractivity contribution is -0.112. The van der Waals surface area contributed by atoms with Crippen molar-refractivity contribution in [2.45, 2.75) is 13.2 Å². The first kappa shape index (κ1) is 7.16. The van der Waals surface area contributed by atoms with Crippen molar-refractivity contribution in [1.82, 2.24) is 0 Å². The van der Waals surface area contributed by atoms with E-state index in [0.717, 1.165) is 23.3 Å². The minimum absolute atomic E-state index is 0.513. The molecular formula is C9H9NO2. The second kappa shape index (κ2) is 2.52. The molecule has 0 amide bonds. The van der Waals surface area contributed by atoms with Crippen LogP contribution < -0.4 is 10.1 Å². The number of rotatable bonds is 1. The number of carbonyl (C=O) groups is 1. The Labute approximate surface area is 70.3 Å². The summed E-state index contributed by atoms with van der Waals surface area (Å²) in [6.45, 7) is 1.95. The van der Waals surface area contributed by atoms with Crippen molar-refractivity contribution in [3.63, 3.8) is 0 Å². The lowest BCUT2D eigenvalue weighted by Crippen LogP contribution is -2.21. The molecule has 62 valence electrons. The molecule has 0 fully saturated rings. The number of aryl methyl sites for hydroxylation is 1. The second-order valence-electron chi connectivity index (χ2n) is 2.77. The molecule has 1 atom stereocenters. The van der Waals surface area contributed by atoms with E-state index in [2.05, 4.69) is 5.32 Å². The molecule has 0 aliphatic carbocycles. The topological polar surface area (TPSA) is 38.3 Å². The van der Waals surface area contributed by atoms with Crippen molar-refractivity contribution in [1.29, 1.82) is 0 Å². The Hall–Kier alpha value is -1.51. The maximum Gasteiger partial charge on any atom is 0.226 e. The molecule has 1 aliphatic rings. The molecule has 3 heteroatoms. The van der Waals surface area contributed by atoms with Crippen LogP contribution in [0.1, 0.15) is 5.56 Å². The number of benzene rings is 1. The molecule has 0 aromatic heterocycles. The molecule has 1 N–H and O–H groups in total. The smallest absolute Gasteiger partial charge is 0.226 e. The normalized spacial score (nSPS) is 19.2. The van der Waals surface area contributed by atoms with E-state index in [1.165, 1.54) is 0 Å². The van der Waals surface area contributed by atoms with E-state index in [-0.39, 0.29) is 0 Å². The third-order valence-electron chi connectivity index (χ3n) is 1.88. The number of ether oxygens (including phenoxy) is 1. The molecule has 1 aromatic rings. The predicted octanol–water partition coefficient (Wildman–Crippen LogP) is 1.32.